The summed E-state index contributed by atoms with van der Waals surface area (Å²) in [7, 11) is 0. The van der Waals surface area contributed by atoms with Gasteiger partial charge in [0.15, 0.2) is 0 Å². The van der Waals surface area contributed by atoms with Crippen molar-refractivity contribution in [2.24, 2.45) is 0 Å². The van der Waals surface area contributed by atoms with Crippen molar-refractivity contribution in [2.45, 2.75) is 6.42 Å². The largest absolute Gasteiger partial charge is 0.506 e. The number of aliphatic hydroxyl groups is 1. The minimum Gasteiger partial charge on any atom is -0.506 e. The fraction of sp³-hybridized carbons (Fsp3) is 0.143. The van der Waals surface area contributed by atoms with E-state index >= 15 is 0 Å². The van der Waals surface area contributed by atoms with E-state index in [9.17, 15) is 15.2 Å². The zero-order valence-corrected chi connectivity index (χ0v) is 11.4. The number of phenolic OH excluding ortho intramolecular Hbond substituents is 1. The van der Waals surface area contributed by atoms with Crippen molar-refractivity contribution in [2.75, 3.05) is 6.61 Å². The molecule has 3 rings (SSSR count). The van der Waals surface area contributed by atoms with Crippen molar-refractivity contribution >= 4 is 16.7 Å². The Morgan fingerprint density at radius 3 is 2.64 bits per heavy atom. The Labute approximate surface area is 124 Å². The van der Waals surface area contributed by atoms with Gasteiger partial charge in [-0.25, -0.2) is 0 Å². The van der Waals surface area contributed by atoms with Gasteiger partial charge in [0.05, 0.1) is 4.92 Å². The molecule has 0 aliphatic carbocycles. The maximum absolute atomic E-state index is 10.8. The van der Waals surface area contributed by atoms with E-state index in [1.165, 1.54) is 29.1 Å². The van der Waals surface area contributed by atoms with Gasteiger partial charge in [-0.2, -0.15) is 0 Å². The normalized spacial score (nSPS) is 11.0. The first-order chi connectivity index (χ1) is 10.6. The van der Waals surface area contributed by atoms with Crippen LogP contribution in [0.4, 0.5) is 5.69 Å². The quantitative estimate of drug-likeness (QED) is 0.558. The molecule has 2 aromatic carbocycles. The molecular weight excluding hydrogens is 288 g/mol. The smallest absolute Gasteiger partial charge is 0.271 e. The summed E-state index contributed by atoms with van der Waals surface area (Å²) in [6.07, 6.45) is 0.444. The van der Waals surface area contributed by atoms with E-state index in [0.29, 0.717) is 23.1 Å². The number of hydrogen-bond donors (Lipinski definition) is 2. The molecule has 0 spiro atoms. The molecule has 0 fully saturated rings. The zero-order valence-electron chi connectivity index (χ0n) is 11.4. The molecule has 2 N–H and O–H groups in total. The molecule has 112 valence electrons. The number of aromatic nitrogens is 3. The maximum atomic E-state index is 10.8. The summed E-state index contributed by atoms with van der Waals surface area (Å²) in [6, 6.07) is 9.04. The minimum atomic E-state index is -0.502. The monoisotopic (exact) mass is 300 g/mol. The number of non-ortho nitro benzene ring substituents is 1. The summed E-state index contributed by atoms with van der Waals surface area (Å²) in [5.74, 6) is -0.0171. The first kappa shape index (κ1) is 14.0. The van der Waals surface area contributed by atoms with Gasteiger partial charge in [-0.05, 0) is 30.2 Å². The number of nitro groups is 1. The van der Waals surface area contributed by atoms with E-state index in [1.54, 1.807) is 12.1 Å². The summed E-state index contributed by atoms with van der Waals surface area (Å²) in [5.41, 5.74) is 1.95. The minimum absolute atomic E-state index is 0.00901. The number of phenols is 1. The second-order valence-corrected chi connectivity index (χ2v) is 4.72. The van der Waals surface area contributed by atoms with Crippen molar-refractivity contribution in [1.29, 1.82) is 0 Å². The van der Waals surface area contributed by atoms with Crippen LogP contribution in [0.15, 0.2) is 36.4 Å². The predicted molar refractivity (Wildman–Crippen MR) is 78.0 cm³/mol. The lowest BCUT2D eigenvalue weighted by Gasteiger charge is -2.05. The van der Waals surface area contributed by atoms with Crippen molar-refractivity contribution in [3.63, 3.8) is 0 Å². The lowest BCUT2D eigenvalue weighted by atomic mass is 10.1. The van der Waals surface area contributed by atoms with Crippen LogP contribution < -0.4 is 0 Å². The average Bonchev–Trinajstić information content (AvgIpc) is 2.92. The second kappa shape index (κ2) is 5.41. The number of nitrogens with zero attached hydrogens (tertiary/aromatic N) is 4. The van der Waals surface area contributed by atoms with Crippen LogP contribution in [-0.2, 0) is 6.42 Å². The molecule has 1 aromatic heterocycles. The maximum Gasteiger partial charge on any atom is 0.271 e. The summed E-state index contributed by atoms with van der Waals surface area (Å²) >= 11 is 0. The Hall–Kier alpha value is -3.00. The van der Waals surface area contributed by atoms with Crippen LogP contribution in [0.5, 0.6) is 5.75 Å². The Morgan fingerprint density at radius 1 is 1.14 bits per heavy atom. The lowest BCUT2D eigenvalue weighted by Crippen LogP contribution is -2.01. The van der Waals surface area contributed by atoms with Gasteiger partial charge in [-0.1, -0.05) is 6.07 Å². The van der Waals surface area contributed by atoms with Crippen molar-refractivity contribution in [1.82, 2.24) is 15.0 Å². The molecule has 0 saturated heterocycles. The summed E-state index contributed by atoms with van der Waals surface area (Å²) in [5, 5.41) is 38.1. The highest BCUT2D eigenvalue weighted by Gasteiger charge is 2.13. The number of benzene rings is 2. The van der Waals surface area contributed by atoms with Gasteiger partial charge < -0.3 is 10.2 Å². The highest BCUT2D eigenvalue weighted by molar-refractivity contribution is 5.76. The molecule has 0 amide bonds. The van der Waals surface area contributed by atoms with Crippen LogP contribution >= 0.6 is 0 Å². The third-order valence-corrected chi connectivity index (χ3v) is 3.23. The highest BCUT2D eigenvalue weighted by atomic mass is 16.6. The second-order valence-electron chi connectivity index (χ2n) is 4.72. The molecule has 0 bridgehead atoms. The van der Waals surface area contributed by atoms with Crippen LogP contribution in [0, 0.1) is 10.1 Å². The van der Waals surface area contributed by atoms with Gasteiger partial charge in [-0.3, -0.25) is 10.1 Å². The van der Waals surface area contributed by atoms with Crippen molar-refractivity contribution < 1.29 is 15.1 Å². The Balaban J connectivity index is 2.10. The molecule has 8 nitrogen and oxygen atoms in total. The Bertz CT molecular complexity index is 859. The SMILES string of the molecule is O=[N+]([O-])c1ccc2nn(-c3cc(CCO)ccc3O)nc2c1. The van der Waals surface area contributed by atoms with Gasteiger partial charge in [0, 0.05) is 18.7 Å². The Morgan fingerprint density at radius 2 is 1.91 bits per heavy atom. The van der Waals surface area contributed by atoms with Crippen LogP contribution in [0.25, 0.3) is 16.7 Å². The summed E-state index contributed by atoms with van der Waals surface area (Å²) in [4.78, 5) is 11.5. The van der Waals surface area contributed by atoms with Gasteiger partial charge in [0.2, 0.25) is 0 Å². The van der Waals surface area contributed by atoms with E-state index in [4.69, 9.17) is 5.11 Å². The summed E-state index contributed by atoms with van der Waals surface area (Å²) < 4.78 is 0. The van der Waals surface area contributed by atoms with Crippen molar-refractivity contribution in [3.05, 3.63) is 52.1 Å². The molecule has 0 radical (unpaired) electrons. The number of hydrogen-bond acceptors (Lipinski definition) is 6. The van der Waals surface area contributed by atoms with Gasteiger partial charge in [-0.15, -0.1) is 15.0 Å². The van der Waals surface area contributed by atoms with Crippen molar-refractivity contribution in [3.8, 4) is 11.4 Å². The highest BCUT2D eigenvalue weighted by Crippen LogP contribution is 2.24. The van der Waals surface area contributed by atoms with Crippen LogP contribution in [0.2, 0.25) is 0 Å². The van der Waals surface area contributed by atoms with E-state index in [-0.39, 0.29) is 18.0 Å². The summed E-state index contributed by atoms with van der Waals surface area (Å²) in [6.45, 7) is -0.00901. The predicted octanol–water partition coefficient (Wildman–Crippen LogP) is 1.57. The third kappa shape index (κ3) is 2.47. The number of fused-ring (bicyclic) bond motifs is 1. The molecule has 0 saturated carbocycles. The molecule has 22 heavy (non-hydrogen) atoms. The first-order valence-electron chi connectivity index (χ1n) is 6.53. The van der Waals surface area contributed by atoms with Gasteiger partial charge in [0.25, 0.3) is 5.69 Å². The lowest BCUT2D eigenvalue weighted by molar-refractivity contribution is -0.384. The Kier molecular flexibility index (Phi) is 3.43. The molecule has 0 unspecified atom stereocenters. The fourth-order valence-corrected chi connectivity index (χ4v) is 2.14. The molecule has 0 atom stereocenters. The molecule has 8 heteroatoms. The first-order valence-corrected chi connectivity index (χ1v) is 6.53. The van der Waals surface area contributed by atoms with Crippen LogP contribution in [0.1, 0.15) is 5.56 Å². The standard InChI is InChI=1S/C14H12N4O4/c19-6-5-9-1-4-14(20)13(7-9)17-15-11-3-2-10(18(21)22)8-12(11)16-17/h1-4,7-8,19-20H,5-6H2. The van der Waals surface area contributed by atoms with E-state index in [1.807, 2.05) is 0 Å². The topological polar surface area (TPSA) is 114 Å². The molecule has 0 aliphatic heterocycles. The molecular formula is C14H12N4O4. The number of aromatic hydroxyl groups is 1. The molecule has 3 aromatic rings. The van der Waals surface area contributed by atoms with Gasteiger partial charge in [0.1, 0.15) is 22.5 Å². The van der Waals surface area contributed by atoms with E-state index in [2.05, 4.69) is 10.2 Å². The van der Waals surface area contributed by atoms with Crippen LogP contribution in [0.3, 0.4) is 0 Å². The zero-order chi connectivity index (χ0) is 15.7. The van der Waals surface area contributed by atoms with Gasteiger partial charge >= 0.3 is 0 Å². The molecule has 0 aliphatic rings. The average molecular weight is 300 g/mol. The number of aliphatic hydroxyl groups excluding tert-OH is 1. The van der Waals surface area contributed by atoms with Crippen LogP contribution in [-0.4, -0.2) is 36.7 Å². The third-order valence-electron chi connectivity index (χ3n) is 3.23. The fourth-order valence-electron chi connectivity index (χ4n) is 2.14. The molecule has 1 heterocycles. The number of rotatable bonds is 4. The number of nitro benzene ring substituents is 1. The van der Waals surface area contributed by atoms with E-state index in [0.717, 1.165) is 5.56 Å². The van der Waals surface area contributed by atoms with E-state index < -0.39 is 4.92 Å².